The Morgan fingerprint density at radius 2 is 1.75 bits per heavy atom. The highest BCUT2D eigenvalue weighted by Gasteiger charge is 2.34. The van der Waals surface area contributed by atoms with Gasteiger partial charge < -0.3 is 15.4 Å². The van der Waals surface area contributed by atoms with Crippen molar-refractivity contribution in [3.8, 4) is 0 Å². The number of hydrogen-bond acceptors (Lipinski definition) is 4. The topological polar surface area (TPSA) is 84.5 Å². The summed E-state index contributed by atoms with van der Waals surface area (Å²) >= 11 is 5.55. The van der Waals surface area contributed by atoms with E-state index in [0.717, 1.165) is 24.3 Å². The van der Waals surface area contributed by atoms with Crippen LogP contribution in [0.25, 0.3) is 0 Å². The van der Waals surface area contributed by atoms with Gasteiger partial charge in [0, 0.05) is 24.1 Å². The van der Waals surface area contributed by atoms with Gasteiger partial charge in [-0.15, -0.1) is 0 Å². The Morgan fingerprint density at radius 3 is 2.41 bits per heavy atom. The molecule has 0 aliphatic carbocycles. The molecule has 0 aliphatic rings. The summed E-state index contributed by atoms with van der Waals surface area (Å²) in [5.74, 6) is -4.52. The van der Waals surface area contributed by atoms with Crippen LogP contribution >= 0.6 is 11.6 Å². The van der Waals surface area contributed by atoms with Gasteiger partial charge in [0.2, 0.25) is 0 Å². The van der Waals surface area contributed by atoms with E-state index in [4.69, 9.17) is 11.6 Å². The van der Waals surface area contributed by atoms with E-state index in [-0.39, 0.29) is 30.0 Å². The fourth-order valence-electron chi connectivity index (χ4n) is 2.47. The lowest BCUT2D eigenvalue weighted by Crippen LogP contribution is -2.26. The van der Waals surface area contributed by atoms with E-state index < -0.39 is 53.5 Å². The minimum atomic E-state index is -4.76. The van der Waals surface area contributed by atoms with Crippen molar-refractivity contribution < 1.29 is 41.1 Å². The molecular weight excluding hydrogens is 463 g/mol. The minimum Gasteiger partial charge on any atom is -0.456 e. The Balaban J connectivity index is 1.74. The van der Waals surface area contributed by atoms with E-state index in [1.54, 1.807) is 0 Å². The number of ether oxygens (including phenoxy) is 1. The number of rotatable bonds is 8. The molecule has 0 fully saturated rings. The van der Waals surface area contributed by atoms with Gasteiger partial charge >= 0.3 is 12.1 Å². The smallest absolute Gasteiger partial charge is 0.418 e. The second kappa shape index (κ2) is 10.9. The first kappa shape index (κ1) is 25.1. The average molecular weight is 479 g/mol. The van der Waals surface area contributed by atoms with Gasteiger partial charge in [-0.3, -0.25) is 14.4 Å². The van der Waals surface area contributed by atoms with Crippen molar-refractivity contribution in [1.82, 2.24) is 5.32 Å². The van der Waals surface area contributed by atoms with Crippen LogP contribution in [0.15, 0.2) is 36.4 Å². The summed E-state index contributed by atoms with van der Waals surface area (Å²) in [5, 5.41) is 4.16. The van der Waals surface area contributed by atoms with Crippen molar-refractivity contribution >= 4 is 35.1 Å². The highest BCUT2D eigenvalue weighted by atomic mass is 35.5. The molecule has 6 nitrogen and oxygen atoms in total. The van der Waals surface area contributed by atoms with Crippen molar-refractivity contribution in [2.75, 3.05) is 18.5 Å². The maximum atomic E-state index is 13.5. The average Bonchev–Trinajstić information content (AvgIpc) is 2.70. The summed E-state index contributed by atoms with van der Waals surface area (Å²) in [6.45, 7) is -0.872. The molecule has 0 heterocycles. The lowest BCUT2D eigenvalue weighted by atomic mass is 10.1. The molecule has 2 aromatic rings. The van der Waals surface area contributed by atoms with Crippen molar-refractivity contribution in [2.45, 2.75) is 19.0 Å². The second-order valence-corrected chi connectivity index (χ2v) is 6.82. The zero-order valence-electron chi connectivity index (χ0n) is 16.2. The standard InChI is InChI=1S/C20H16ClF5N2O4/c21-11-3-6-16(14(8-11)20(24,25)26)28-17(29)10-32-18(30)2-1-7-27-19(31)13-5-4-12(22)9-15(13)23/h3-6,8-9H,1-2,7,10H2,(H,27,31)(H,28,29). The molecule has 12 heteroatoms. The molecule has 0 atom stereocenters. The largest absolute Gasteiger partial charge is 0.456 e. The second-order valence-electron chi connectivity index (χ2n) is 6.38. The van der Waals surface area contributed by atoms with Crippen LogP contribution in [0.3, 0.4) is 0 Å². The summed E-state index contributed by atoms with van der Waals surface area (Å²) in [6, 6.07) is 5.22. The van der Waals surface area contributed by atoms with Gasteiger partial charge in [0.15, 0.2) is 6.61 Å². The predicted octanol–water partition coefficient (Wildman–Crippen LogP) is 4.33. The molecule has 0 saturated heterocycles. The number of alkyl halides is 3. The monoisotopic (exact) mass is 478 g/mol. The lowest BCUT2D eigenvalue weighted by Gasteiger charge is -2.14. The van der Waals surface area contributed by atoms with Crippen LogP contribution in [-0.4, -0.2) is 30.9 Å². The Kier molecular flexibility index (Phi) is 8.53. The maximum absolute atomic E-state index is 13.5. The minimum absolute atomic E-state index is 0.0450. The van der Waals surface area contributed by atoms with Crippen molar-refractivity contribution in [3.63, 3.8) is 0 Å². The van der Waals surface area contributed by atoms with Crippen molar-refractivity contribution in [3.05, 3.63) is 64.2 Å². The third kappa shape index (κ3) is 7.49. The highest BCUT2D eigenvalue weighted by Crippen LogP contribution is 2.36. The molecule has 0 spiro atoms. The van der Waals surface area contributed by atoms with E-state index in [9.17, 15) is 36.3 Å². The molecule has 0 saturated carbocycles. The normalized spacial score (nSPS) is 11.1. The Hall–Kier alpha value is -3.21. The van der Waals surface area contributed by atoms with Crippen LogP contribution in [0.2, 0.25) is 5.02 Å². The first-order valence-corrected chi connectivity index (χ1v) is 9.40. The van der Waals surface area contributed by atoms with Gasteiger partial charge in [0.1, 0.15) is 11.6 Å². The van der Waals surface area contributed by atoms with Crippen LogP contribution in [0.1, 0.15) is 28.8 Å². The number of anilines is 1. The summed E-state index contributed by atoms with van der Waals surface area (Å²) in [5.41, 5.74) is -2.07. The number of nitrogens with one attached hydrogen (secondary N) is 2. The number of carbonyl (C=O) groups is 3. The van der Waals surface area contributed by atoms with Crippen LogP contribution in [0.4, 0.5) is 27.6 Å². The van der Waals surface area contributed by atoms with Crippen molar-refractivity contribution in [1.29, 1.82) is 0 Å². The quantitative estimate of drug-likeness (QED) is 0.336. The number of carbonyl (C=O) groups excluding carboxylic acids is 3. The van der Waals surface area contributed by atoms with E-state index in [1.807, 2.05) is 5.32 Å². The number of halogens is 6. The summed E-state index contributed by atoms with van der Waals surface area (Å²) in [7, 11) is 0. The SMILES string of the molecule is O=C(COC(=O)CCCNC(=O)c1ccc(F)cc1F)Nc1ccc(Cl)cc1C(F)(F)F. The van der Waals surface area contributed by atoms with Gasteiger partial charge in [0.25, 0.3) is 11.8 Å². The molecule has 0 aromatic heterocycles. The zero-order valence-corrected chi connectivity index (χ0v) is 16.9. The first-order valence-electron chi connectivity index (χ1n) is 9.03. The first-order chi connectivity index (χ1) is 15.0. The molecule has 32 heavy (non-hydrogen) atoms. The fraction of sp³-hybridized carbons (Fsp3) is 0.250. The molecule has 0 bridgehead atoms. The van der Waals surface area contributed by atoms with Crippen molar-refractivity contribution in [2.24, 2.45) is 0 Å². The maximum Gasteiger partial charge on any atom is 0.418 e. The van der Waals surface area contributed by atoms with Gasteiger partial charge in [-0.2, -0.15) is 13.2 Å². The van der Waals surface area contributed by atoms with Gasteiger partial charge in [-0.25, -0.2) is 8.78 Å². The third-order valence-electron chi connectivity index (χ3n) is 3.94. The summed E-state index contributed by atoms with van der Waals surface area (Å²) < 4.78 is 70.0. The van der Waals surface area contributed by atoms with Crippen LogP contribution in [-0.2, 0) is 20.5 Å². The molecule has 2 aromatic carbocycles. The summed E-state index contributed by atoms with van der Waals surface area (Å²) in [4.78, 5) is 35.3. The number of amides is 2. The number of hydrogen-bond donors (Lipinski definition) is 2. The molecule has 0 unspecified atom stereocenters. The van der Waals surface area contributed by atoms with Gasteiger partial charge in [0.05, 0.1) is 16.8 Å². The molecule has 0 radical (unpaired) electrons. The fourth-order valence-corrected chi connectivity index (χ4v) is 2.64. The highest BCUT2D eigenvalue weighted by molar-refractivity contribution is 6.30. The molecule has 0 aliphatic heterocycles. The van der Waals surface area contributed by atoms with E-state index in [2.05, 4.69) is 10.1 Å². The van der Waals surface area contributed by atoms with E-state index >= 15 is 0 Å². The molecular formula is C20H16ClF5N2O4. The Morgan fingerprint density at radius 1 is 1.03 bits per heavy atom. The number of benzene rings is 2. The summed E-state index contributed by atoms with van der Waals surface area (Å²) in [6.07, 6.45) is -4.91. The number of esters is 1. The van der Waals surface area contributed by atoms with Crippen LogP contribution < -0.4 is 10.6 Å². The lowest BCUT2D eigenvalue weighted by molar-refractivity contribution is -0.147. The van der Waals surface area contributed by atoms with E-state index in [0.29, 0.717) is 12.1 Å². The molecule has 2 rings (SSSR count). The van der Waals surface area contributed by atoms with E-state index in [1.165, 1.54) is 0 Å². The third-order valence-corrected chi connectivity index (χ3v) is 4.18. The van der Waals surface area contributed by atoms with Crippen LogP contribution in [0, 0.1) is 11.6 Å². The zero-order chi connectivity index (χ0) is 23.9. The Labute approximate surface area is 183 Å². The predicted molar refractivity (Wildman–Crippen MR) is 104 cm³/mol. The van der Waals surface area contributed by atoms with Gasteiger partial charge in [-0.05, 0) is 36.8 Å². The molecule has 172 valence electrons. The Bertz CT molecular complexity index is 1010. The van der Waals surface area contributed by atoms with Crippen LogP contribution in [0.5, 0.6) is 0 Å². The molecule has 2 amide bonds. The molecule has 2 N–H and O–H groups in total. The van der Waals surface area contributed by atoms with Gasteiger partial charge in [-0.1, -0.05) is 11.6 Å².